The van der Waals surface area contributed by atoms with Gasteiger partial charge >= 0.3 is 5.97 Å². The molecule has 1 heterocycles. The van der Waals surface area contributed by atoms with Crippen LogP contribution in [0.5, 0.6) is 0 Å². The third kappa shape index (κ3) is 5.46. The highest BCUT2D eigenvalue weighted by Crippen LogP contribution is 2.02. The van der Waals surface area contributed by atoms with Crippen molar-refractivity contribution in [2.45, 2.75) is 26.3 Å². The second kappa shape index (κ2) is 8.61. The predicted octanol–water partition coefficient (Wildman–Crippen LogP) is -0.0180. The van der Waals surface area contributed by atoms with E-state index in [0.717, 1.165) is 26.1 Å². The average Bonchev–Trinajstić information content (AvgIpc) is 2.37. The van der Waals surface area contributed by atoms with E-state index in [2.05, 4.69) is 17.1 Å². The second-order valence-electron chi connectivity index (χ2n) is 4.41. The summed E-state index contributed by atoms with van der Waals surface area (Å²) in [6, 6.07) is -0.267. The number of hydrogen-bond donors (Lipinski definition) is 1. The highest BCUT2D eigenvalue weighted by Gasteiger charge is 2.24. The van der Waals surface area contributed by atoms with E-state index in [1.54, 1.807) is 0 Å². The van der Waals surface area contributed by atoms with Crippen LogP contribution in [0.1, 0.15) is 20.3 Å². The molecule has 5 nitrogen and oxygen atoms in total. The minimum Gasteiger partial charge on any atom is -0.465 e. The van der Waals surface area contributed by atoms with E-state index in [4.69, 9.17) is 4.74 Å². The van der Waals surface area contributed by atoms with Gasteiger partial charge in [-0.15, -0.1) is 0 Å². The number of ether oxygens (including phenoxy) is 1. The van der Waals surface area contributed by atoms with Gasteiger partial charge in [-0.25, -0.2) is 0 Å². The van der Waals surface area contributed by atoms with Gasteiger partial charge in [-0.3, -0.25) is 13.9 Å². The van der Waals surface area contributed by atoms with Gasteiger partial charge < -0.3 is 10.1 Å². The van der Waals surface area contributed by atoms with E-state index >= 15 is 0 Å². The van der Waals surface area contributed by atoms with Crippen molar-refractivity contribution in [3.63, 3.8) is 0 Å². The molecule has 0 saturated carbocycles. The molecule has 1 fully saturated rings. The predicted molar refractivity (Wildman–Crippen MR) is 73.0 cm³/mol. The van der Waals surface area contributed by atoms with Crippen molar-refractivity contribution in [3.8, 4) is 0 Å². The van der Waals surface area contributed by atoms with Crippen molar-refractivity contribution >= 4 is 16.8 Å². The molecule has 1 aliphatic rings. The number of carbonyl (C=O) groups excluding carboxylic acids is 1. The Hall–Kier alpha value is -0.460. The normalized spacial score (nSPS) is 19.7. The Kier molecular flexibility index (Phi) is 7.46. The molecule has 1 rings (SSSR count). The topological polar surface area (TPSA) is 58.6 Å². The summed E-state index contributed by atoms with van der Waals surface area (Å²) in [6.45, 7) is 7.36. The van der Waals surface area contributed by atoms with Crippen molar-refractivity contribution in [1.29, 1.82) is 0 Å². The van der Waals surface area contributed by atoms with Gasteiger partial charge in [-0.2, -0.15) is 0 Å². The minimum atomic E-state index is -0.673. The van der Waals surface area contributed by atoms with Crippen molar-refractivity contribution in [3.05, 3.63) is 0 Å². The lowest BCUT2D eigenvalue weighted by atomic mass is 10.2. The van der Waals surface area contributed by atoms with E-state index in [-0.39, 0.29) is 12.0 Å². The van der Waals surface area contributed by atoms with Crippen LogP contribution < -0.4 is 5.32 Å². The van der Waals surface area contributed by atoms with Crippen LogP contribution in [0.4, 0.5) is 0 Å². The number of nitrogens with zero attached hydrogens (tertiary/aromatic N) is 1. The van der Waals surface area contributed by atoms with Crippen LogP contribution in [0.15, 0.2) is 0 Å². The Morgan fingerprint density at radius 2 is 2.06 bits per heavy atom. The maximum atomic E-state index is 11.8. The molecular formula is C12H24N2O3S. The fraction of sp³-hybridized carbons (Fsp3) is 0.917. The highest BCUT2D eigenvalue weighted by molar-refractivity contribution is 7.85. The van der Waals surface area contributed by atoms with Gasteiger partial charge in [0.25, 0.3) is 0 Å². The van der Waals surface area contributed by atoms with Crippen molar-refractivity contribution in [1.82, 2.24) is 10.2 Å². The Morgan fingerprint density at radius 3 is 2.61 bits per heavy atom. The van der Waals surface area contributed by atoms with E-state index < -0.39 is 10.8 Å². The van der Waals surface area contributed by atoms with Gasteiger partial charge in [0, 0.05) is 41.9 Å². The van der Waals surface area contributed by atoms with E-state index in [9.17, 15) is 9.00 Å². The van der Waals surface area contributed by atoms with Crippen LogP contribution in [-0.4, -0.2) is 65.4 Å². The summed E-state index contributed by atoms with van der Waals surface area (Å²) in [5.74, 6) is 1.24. The Labute approximate surface area is 112 Å². The summed E-state index contributed by atoms with van der Waals surface area (Å²) in [4.78, 5) is 14.0. The third-order valence-electron chi connectivity index (χ3n) is 2.92. The molecule has 0 aromatic heterocycles. The molecule has 1 saturated heterocycles. The van der Waals surface area contributed by atoms with Crippen LogP contribution in [0, 0.1) is 0 Å². The second-order valence-corrected chi connectivity index (χ2v) is 6.10. The summed E-state index contributed by atoms with van der Waals surface area (Å²) in [6.07, 6.45) is 0.986. The van der Waals surface area contributed by atoms with Crippen LogP contribution in [0.2, 0.25) is 0 Å². The molecule has 0 bridgehead atoms. The number of hydrogen-bond acceptors (Lipinski definition) is 5. The lowest BCUT2D eigenvalue weighted by Crippen LogP contribution is -2.50. The first-order valence-electron chi connectivity index (χ1n) is 6.64. The molecule has 0 amide bonds. The molecule has 0 radical (unpaired) electrons. The monoisotopic (exact) mass is 276 g/mol. The number of esters is 1. The summed E-state index contributed by atoms with van der Waals surface area (Å²) >= 11 is 0. The van der Waals surface area contributed by atoms with Gasteiger partial charge in [0.1, 0.15) is 6.04 Å². The summed E-state index contributed by atoms with van der Waals surface area (Å²) in [7, 11) is -0.673. The van der Waals surface area contributed by atoms with Crippen molar-refractivity contribution in [2.24, 2.45) is 0 Å². The first kappa shape index (κ1) is 15.6. The standard InChI is InChI=1S/C12H24N2O3S/c1-3-5-13-11(12(15)17-4-2)10-14-6-8-18(16)9-7-14/h11,13H,3-10H2,1-2H3. The van der Waals surface area contributed by atoms with Crippen molar-refractivity contribution in [2.75, 3.05) is 44.3 Å². The Morgan fingerprint density at radius 1 is 1.39 bits per heavy atom. The smallest absolute Gasteiger partial charge is 0.324 e. The number of nitrogens with one attached hydrogen (secondary N) is 1. The fourth-order valence-corrected chi connectivity index (χ4v) is 3.03. The van der Waals surface area contributed by atoms with Crippen LogP contribution in [0.3, 0.4) is 0 Å². The SMILES string of the molecule is CCCNC(CN1CCS(=O)CC1)C(=O)OCC. The lowest BCUT2D eigenvalue weighted by Gasteiger charge is -2.29. The highest BCUT2D eigenvalue weighted by atomic mass is 32.2. The first-order chi connectivity index (χ1) is 8.67. The van der Waals surface area contributed by atoms with Crippen LogP contribution in [0.25, 0.3) is 0 Å². The Bertz CT molecular complexity index is 276. The average molecular weight is 276 g/mol. The van der Waals surface area contributed by atoms with E-state index in [1.165, 1.54) is 0 Å². The molecule has 106 valence electrons. The zero-order valence-corrected chi connectivity index (χ0v) is 12.1. The van der Waals surface area contributed by atoms with Gasteiger partial charge in [-0.05, 0) is 19.9 Å². The van der Waals surface area contributed by atoms with Gasteiger partial charge in [0.05, 0.1) is 6.61 Å². The van der Waals surface area contributed by atoms with E-state index in [1.807, 2.05) is 6.92 Å². The Balaban J connectivity index is 2.43. The first-order valence-corrected chi connectivity index (χ1v) is 8.13. The zero-order chi connectivity index (χ0) is 13.4. The van der Waals surface area contributed by atoms with Gasteiger partial charge in [-0.1, -0.05) is 6.92 Å². The minimum absolute atomic E-state index is 0.183. The van der Waals surface area contributed by atoms with Crippen LogP contribution >= 0.6 is 0 Å². The lowest BCUT2D eigenvalue weighted by molar-refractivity contribution is -0.146. The largest absolute Gasteiger partial charge is 0.465 e. The zero-order valence-electron chi connectivity index (χ0n) is 11.3. The van der Waals surface area contributed by atoms with Crippen LogP contribution in [-0.2, 0) is 20.3 Å². The quantitative estimate of drug-likeness (QED) is 0.662. The molecule has 0 spiro atoms. The molecular weight excluding hydrogens is 252 g/mol. The van der Waals surface area contributed by atoms with E-state index in [0.29, 0.717) is 24.7 Å². The number of carbonyl (C=O) groups is 1. The molecule has 1 aliphatic heterocycles. The molecule has 1 atom stereocenters. The maximum Gasteiger partial charge on any atom is 0.324 e. The van der Waals surface area contributed by atoms with Gasteiger partial charge in [0.2, 0.25) is 0 Å². The summed E-state index contributed by atoms with van der Waals surface area (Å²) in [5.41, 5.74) is 0. The molecule has 0 aromatic carbocycles. The fourth-order valence-electron chi connectivity index (χ4n) is 1.90. The molecule has 0 aromatic rings. The maximum absolute atomic E-state index is 11.8. The van der Waals surface area contributed by atoms with Crippen molar-refractivity contribution < 1.29 is 13.7 Å². The van der Waals surface area contributed by atoms with Gasteiger partial charge in [0.15, 0.2) is 0 Å². The third-order valence-corrected chi connectivity index (χ3v) is 4.20. The molecule has 1 N–H and O–H groups in total. The molecule has 0 aliphatic carbocycles. The molecule has 18 heavy (non-hydrogen) atoms. The summed E-state index contributed by atoms with van der Waals surface area (Å²) in [5, 5.41) is 3.22. The molecule has 6 heteroatoms. The molecule has 1 unspecified atom stereocenters. The number of rotatable bonds is 7. The summed E-state index contributed by atoms with van der Waals surface area (Å²) < 4.78 is 16.4.